The van der Waals surface area contributed by atoms with Gasteiger partial charge in [-0.1, -0.05) is 6.92 Å². The van der Waals surface area contributed by atoms with Crippen molar-refractivity contribution in [3.63, 3.8) is 0 Å². The molecular weight excluding hydrogens is 269 g/mol. The summed E-state index contributed by atoms with van der Waals surface area (Å²) in [5.74, 6) is 0.196. The van der Waals surface area contributed by atoms with Gasteiger partial charge in [0.25, 0.3) is 0 Å². The molecule has 2 heterocycles. The van der Waals surface area contributed by atoms with Gasteiger partial charge in [-0.25, -0.2) is 9.37 Å². The molecule has 21 heavy (non-hydrogen) atoms. The van der Waals surface area contributed by atoms with Gasteiger partial charge in [-0.15, -0.1) is 0 Å². The quantitative estimate of drug-likeness (QED) is 0.927. The van der Waals surface area contributed by atoms with Gasteiger partial charge < -0.3 is 15.0 Å². The highest BCUT2D eigenvalue weighted by atomic mass is 19.1. The lowest BCUT2D eigenvalue weighted by Gasteiger charge is -2.47. The van der Waals surface area contributed by atoms with Crippen LogP contribution in [0.4, 0.5) is 10.2 Å². The summed E-state index contributed by atoms with van der Waals surface area (Å²) in [6.45, 7) is 12.7. The molecule has 0 saturated carbocycles. The van der Waals surface area contributed by atoms with E-state index >= 15 is 0 Å². The molecule has 0 atom stereocenters. The van der Waals surface area contributed by atoms with Crippen molar-refractivity contribution in [1.29, 1.82) is 0 Å². The lowest BCUT2D eigenvalue weighted by Crippen LogP contribution is -2.57. The molecule has 2 rings (SSSR count). The van der Waals surface area contributed by atoms with Gasteiger partial charge in [0.05, 0.1) is 11.2 Å². The number of pyridine rings is 1. The molecule has 0 aromatic carbocycles. The second-order valence-corrected chi connectivity index (χ2v) is 6.87. The number of rotatable bonds is 4. The molecule has 1 N–H and O–H groups in total. The molecule has 1 saturated heterocycles. The Hall–Kier alpha value is -1.20. The van der Waals surface area contributed by atoms with Crippen LogP contribution in [0, 0.1) is 5.82 Å². The lowest BCUT2D eigenvalue weighted by molar-refractivity contribution is -0.133. The molecule has 0 spiro atoms. The Morgan fingerprint density at radius 1 is 1.29 bits per heavy atom. The Labute approximate surface area is 126 Å². The van der Waals surface area contributed by atoms with Crippen molar-refractivity contribution in [2.75, 3.05) is 24.5 Å². The monoisotopic (exact) mass is 295 g/mol. The van der Waals surface area contributed by atoms with Crippen molar-refractivity contribution >= 4 is 5.82 Å². The number of ether oxygens (including phenoxy) is 1. The van der Waals surface area contributed by atoms with Gasteiger partial charge in [-0.2, -0.15) is 0 Å². The Balaban J connectivity index is 2.28. The summed E-state index contributed by atoms with van der Waals surface area (Å²) in [4.78, 5) is 6.26. The van der Waals surface area contributed by atoms with E-state index in [1.807, 2.05) is 39.5 Å². The molecule has 0 amide bonds. The molecule has 0 radical (unpaired) electrons. The molecule has 4 nitrogen and oxygen atoms in total. The third-order valence-corrected chi connectivity index (χ3v) is 3.51. The van der Waals surface area contributed by atoms with Crippen LogP contribution in [0.1, 0.15) is 40.2 Å². The van der Waals surface area contributed by atoms with Crippen LogP contribution in [0.25, 0.3) is 0 Å². The van der Waals surface area contributed by atoms with Crippen molar-refractivity contribution in [3.8, 4) is 0 Å². The first-order chi connectivity index (χ1) is 9.74. The average molecular weight is 295 g/mol. The molecular formula is C16H26FN3O. The molecule has 1 aromatic rings. The maximum atomic E-state index is 14.7. The highest BCUT2D eigenvalue weighted by molar-refractivity contribution is 5.44. The number of morpholine rings is 1. The molecule has 0 unspecified atom stereocenters. The van der Waals surface area contributed by atoms with Crippen LogP contribution in [0.5, 0.6) is 0 Å². The van der Waals surface area contributed by atoms with E-state index in [1.165, 1.54) is 0 Å². The number of aromatic nitrogens is 1. The molecule has 0 aliphatic carbocycles. The topological polar surface area (TPSA) is 37.4 Å². The average Bonchev–Trinajstić information content (AvgIpc) is 2.33. The summed E-state index contributed by atoms with van der Waals surface area (Å²) in [6, 6.07) is 1.73. The summed E-state index contributed by atoms with van der Waals surface area (Å²) >= 11 is 0. The summed E-state index contributed by atoms with van der Waals surface area (Å²) in [7, 11) is 0. The number of nitrogens with zero attached hydrogens (tertiary/aromatic N) is 2. The summed E-state index contributed by atoms with van der Waals surface area (Å²) in [5, 5.41) is 3.16. The molecule has 1 aliphatic rings. The minimum atomic E-state index is -0.326. The van der Waals surface area contributed by atoms with Gasteiger partial charge in [0.2, 0.25) is 0 Å². The normalized spacial score (nSPS) is 20.6. The van der Waals surface area contributed by atoms with Crippen LogP contribution in [-0.2, 0) is 11.3 Å². The molecule has 0 bridgehead atoms. The smallest absolute Gasteiger partial charge is 0.170 e. The van der Waals surface area contributed by atoms with Gasteiger partial charge >= 0.3 is 0 Å². The van der Waals surface area contributed by atoms with E-state index in [-0.39, 0.29) is 17.0 Å². The van der Waals surface area contributed by atoms with Gasteiger partial charge in [0.15, 0.2) is 11.6 Å². The highest BCUT2D eigenvalue weighted by Crippen LogP contribution is 2.32. The van der Waals surface area contributed by atoms with E-state index in [0.29, 0.717) is 31.0 Å². The summed E-state index contributed by atoms with van der Waals surface area (Å²) in [5.41, 5.74) is 0.00474. The van der Waals surface area contributed by atoms with Crippen LogP contribution in [0.2, 0.25) is 0 Å². The standard InChI is InChI=1S/C16H26FN3O/c1-6-18-9-12-7-8-19-14(13(12)17)20-10-15(2,3)21-16(4,5)11-20/h7-8,18H,6,9-11H2,1-5H3. The van der Waals surface area contributed by atoms with Crippen molar-refractivity contribution in [2.45, 2.75) is 52.4 Å². The predicted octanol–water partition coefficient (Wildman–Crippen LogP) is 2.72. The number of nitrogens with one attached hydrogen (secondary N) is 1. The molecule has 5 heteroatoms. The van der Waals surface area contributed by atoms with Crippen LogP contribution in [0.3, 0.4) is 0 Å². The number of halogens is 1. The zero-order valence-corrected chi connectivity index (χ0v) is 13.7. The Morgan fingerprint density at radius 2 is 1.90 bits per heavy atom. The van der Waals surface area contributed by atoms with Crippen LogP contribution in [-0.4, -0.2) is 35.8 Å². The first kappa shape index (κ1) is 16.2. The lowest BCUT2D eigenvalue weighted by atomic mass is 9.99. The SMILES string of the molecule is CCNCc1ccnc(N2CC(C)(C)OC(C)(C)C2)c1F. The maximum absolute atomic E-state index is 14.7. The number of hydrogen-bond donors (Lipinski definition) is 1. The van der Waals surface area contributed by atoms with E-state index < -0.39 is 0 Å². The predicted molar refractivity (Wildman–Crippen MR) is 83.0 cm³/mol. The number of hydrogen-bond acceptors (Lipinski definition) is 4. The van der Waals surface area contributed by atoms with Gasteiger partial charge in [0, 0.05) is 31.4 Å². The van der Waals surface area contributed by atoms with Crippen molar-refractivity contribution < 1.29 is 9.13 Å². The molecule has 1 aliphatic heterocycles. The first-order valence-corrected chi connectivity index (χ1v) is 7.53. The minimum Gasteiger partial charge on any atom is -0.366 e. The fraction of sp³-hybridized carbons (Fsp3) is 0.688. The largest absolute Gasteiger partial charge is 0.366 e. The van der Waals surface area contributed by atoms with Crippen LogP contribution < -0.4 is 10.2 Å². The zero-order valence-electron chi connectivity index (χ0n) is 13.7. The number of anilines is 1. The molecule has 118 valence electrons. The van der Waals surface area contributed by atoms with E-state index in [2.05, 4.69) is 10.3 Å². The third-order valence-electron chi connectivity index (χ3n) is 3.51. The second-order valence-electron chi connectivity index (χ2n) is 6.87. The van der Waals surface area contributed by atoms with Crippen molar-refractivity contribution in [3.05, 3.63) is 23.6 Å². The van der Waals surface area contributed by atoms with Crippen LogP contribution in [0.15, 0.2) is 12.3 Å². The fourth-order valence-corrected chi connectivity index (χ4v) is 3.03. The zero-order chi connectivity index (χ0) is 15.7. The minimum absolute atomic E-state index is 0.230. The Kier molecular flexibility index (Phi) is 4.54. The Bertz CT molecular complexity index is 486. The molecule has 1 aromatic heterocycles. The highest BCUT2D eigenvalue weighted by Gasteiger charge is 2.39. The first-order valence-electron chi connectivity index (χ1n) is 7.53. The van der Waals surface area contributed by atoms with E-state index in [4.69, 9.17) is 4.74 Å². The maximum Gasteiger partial charge on any atom is 0.170 e. The van der Waals surface area contributed by atoms with Gasteiger partial charge in [-0.3, -0.25) is 0 Å². The summed E-state index contributed by atoms with van der Waals surface area (Å²) < 4.78 is 20.7. The van der Waals surface area contributed by atoms with Gasteiger partial charge in [0.1, 0.15) is 0 Å². The second kappa shape index (κ2) is 5.89. The molecule has 1 fully saturated rings. The Morgan fingerprint density at radius 3 is 2.48 bits per heavy atom. The van der Waals surface area contributed by atoms with Crippen LogP contribution >= 0.6 is 0 Å². The summed E-state index contributed by atoms with van der Waals surface area (Å²) in [6.07, 6.45) is 1.68. The van der Waals surface area contributed by atoms with Crippen molar-refractivity contribution in [1.82, 2.24) is 10.3 Å². The fourth-order valence-electron chi connectivity index (χ4n) is 3.03. The van der Waals surface area contributed by atoms with Gasteiger partial charge in [-0.05, 0) is 40.3 Å². The van der Waals surface area contributed by atoms with E-state index in [0.717, 1.165) is 6.54 Å². The van der Waals surface area contributed by atoms with E-state index in [1.54, 1.807) is 12.3 Å². The third kappa shape index (κ3) is 3.92. The van der Waals surface area contributed by atoms with E-state index in [9.17, 15) is 4.39 Å². The van der Waals surface area contributed by atoms with Crippen molar-refractivity contribution in [2.24, 2.45) is 0 Å².